The van der Waals surface area contributed by atoms with Gasteiger partial charge in [-0.05, 0) is 100 Å². The van der Waals surface area contributed by atoms with Crippen molar-refractivity contribution in [1.29, 1.82) is 0 Å². The molecule has 5 aliphatic carbocycles. The van der Waals surface area contributed by atoms with Crippen LogP contribution >= 0.6 is 0 Å². The number of amides is 2. The number of carbonyl (C=O) groups excluding carboxylic acids is 2. The van der Waals surface area contributed by atoms with Crippen molar-refractivity contribution >= 4 is 17.8 Å². The van der Waals surface area contributed by atoms with Gasteiger partial charge in [0.15, 0.2) is 11.6 Å². The summed E-state index contributed by atoms with van der Waals surface area (Å²) in [4.78, 5) is 39.1. The number of hydrogen-bond acceptors (Lipinski definition) is 5. The summed E-state index contributed by atoms with van der Waals surface area (Å²) in [6.45, 7) is 4.60. The maximum atomic E-state index is 15.1. The van der Waals surface area contributed by atoms with Crippen LogP contribution < -0.4 is 20.1 Å². The first-order valence-corrected chi connectivity index (χ1v) is 16.1. The van der Waals surface area contributed by atoms with Gasteiger partial charge in [-0.2, -0.15) is 0 Å². The van der Waals surface area contributed by atoms with Crippen LogP contribution in [-0.4, -0.2) is 48.7 Å². The summed E-state index contributed by atoms with van der Waals surface area (Å²) >= 11 is 0. The minimum absolute atomic E-state index is 0.00748. The molecule has 2 bridgehead atoms. The molecule has 234 valence electrons. The Hall–Kier alpha value is -3.10. The average molecular weight is 597 g/mol. The molecule has 1 aromatic carbocycles. The normalized spacial score (nSPS) is 33.5. The van der Waals surface area contributed by atoms with Crippen molar-refractivity contribution in [3.63, 3.8) is 0 Å². The van der Waals surface area contributed by atoms with E-state index in [0.29, 0.717) is 38.1 Å². The number of ether oxygens (including phenoxy) is 2. The standard InChI is InChI=1S/C34H45FN2O6/c1-33(9-4-10-33)18-36-31(39)28-23-15-21(14-20(23)13-19-5-6-19)29(28)37-30(38)24-16-27(25(35)17-26(24)42-3)43-22-7-11-34(2,12-8-22)32(40)41/h13,16-17,19,21-23,28-29H,4-12,14-15,18H2,1-3H3,(H,36,39)(H,37,38)(H,40,41)/b20-13+/t21-,22?,23-,28-,29+,34?/m0/s1. The molecular weight excluding hydrogens is 551 g/mol. The van der Waals surface area contributed by atoms with Crippen molar-refractivity contribution in [2.45, 2.75) is 96.6 Å². The third-order valence-corrected chi connectivity index (χ3v) is 11.1. The number of carbonyl (C=O) groups is 3. The molecule has 4 atom stereocenters. The molecule has 0 heterocycles. The van der Waals surface area contributed by atoms with E-state index in [4.69, 9.17) is 9.47 Å². The number of halogens is 1. The number of nitrogens with one attached hydrogen (secondary N) is 2. The number of aliphatic carboxylic acids is 1. The first-order valence-electron chi connectivity index (χ1n) is 16.1. The number of benzene rings is 1. The lowest BCUT2D eigenvalue weighted by Gasteiger charge is -2.39. The Bertz CT molecular complexity index is 1310. The fourth-order valence-electron chi connectivity index (χ4n) is 7.84. The lowest BCUT2D eigenvalue weighted by Crippen LogP contribution is -2.52. The zero-order valence-electron chi connectivity index (χ0n) is 25.5. The van der Waals surface area contributed by atoms with Crippen molar-refractivity contribution in [3.05, 3.63) is 35.2 Å². The van der Waals surface area contributed by atoms with Crippen molar-refractivity contribution in [1.82, 2.24) is 10.6 Å². The van der Waals surface area contributed by atoms with Crippen LogP contribution in [0.2, 0.25) is 0 Å². The summed E-state index contributed by atoms with van der Waals surface area (Å²) in [7, 11) is 1.39. The zero-order valence-corrected chi connectivity index (χ0v) is 25.5. The fourth-order valence-corrected chi connectivity index (χ4v) is 7.84. The highest BCUT2D eigenvalue weighted by Gasteiger charge is 2.54. The molecule has 5 aliphatic rings. The van der Waals surface area contributed by atoms with E-state index in [1.165, 1.54) is 38.0 Å². The highest BCUT2D eigenvalue weighted by Crippen LogP contribution is 2.53. The molecule has 1 aromatic rings. The molecule has 6 rings (SSSR count). The highest BCUT2D eigenvalue weighted by atomic mass is 19.1. The summed E-state index contributed by atoms with van der Waals surface area (Å²) < 4.78 is 26.5. The van der Waals surface area contributed by atoms with Crippen LogP contribution in [0.3, 0.4) is 0 Å². The van der Waals surface area contributed by atoms with Gasteiger partial charge in [0.1, 0.15) is 5.75 Å². The van der Waals surface area contributed by atoms with Gasteiger partial charge in [0.25, 0.3) is 5.91 Å². The second-order valence-electron chi connectivity index (χ2n) is 14.5. The largest absolute Gasteiger partial charge is 0.496 e. The van der Waals surface area contributed by atoms with Gasteiger partial charge in [-0.1, -0.05) is 25.0 Å². The van der Waals surface area contributed by atoms with Crippen LogP contribution in [0, 0.1) is 40.3 Å². The SMILES string of the molecule is COc1cc(F)c(OC2CCC(C)(C(=O)O)CC2)cc1C(=O)N[C@@H]1[C@H]2C/C(=C\C3CC3)[C@H](C2)[C@@H]1C(=O)NCC1(C)CCC1. The Morgan fingerprint density at radius 3 is 2.40 bits per heavy atom. The van der Waals surface area contributed by atoms with E-state index in [0.717, 1.165) is 31.7 Å². The van der Waals surface area contributed by atoms with E-state index >= 15 is 4.39 Å². The topological polar surface area (TPSA) is 114 Å². The molecule has 5 saturated carbocycles. The minimum Gasteiger partial charge on any atom is -0.496 e. The molecule has 0 saturated heterocycles. The molecule has 5 fully saturated rings. The van der Waals surface area contributed by atoms with Gasteiger partial charge < -0.3 is 25.2 Å². The first-order chi connectivity index (χ1) is 20.5. The quantitative estimate of drug-likeness (QED) is 0.301. The van der Waals surface area contributed by atoms with E-state index in [1.54, 1.807) is 6.92 Å². The van der Waals surface area contributed by atoms with Crippen LogP contribution in [0.15, 0.2) is 23.8 Å². The molecule has 0 unspecified atom stereocenters. The highest BCUT2D eigenvalue weighted by molar-refractivity contribution is 5.98. The lowest BCUT2D eigenvalue weighted by atomic mass is 9.70. The van der Waals surface area contributed by atoms with Crippen molar-refractivity contribution in [2.24, 2.45) is 34.5 Å². The fraction of sp³-hybridized carbons (Fsp3) is 0.676. The molecule has 2 amide bonds. The predicted octanol–water partition coefficient (Wildman–Crippen LogP) is 5.64. The van der Waals surface area contributed by atoms with Crippen molar-refractivity contribution in [3.8, 4) is 11.5 Å². The number of methoxy groups -OCH3 is 1. The lowest BCUT2D eigenvalue weighted by molar-refractivity contribution is -0.150. The van der Waals surface area contributed by atoms with Crippen LogP contribution in [0.5, 0.6) is 11.5 Å². The summed E-state index contributed by atoms with van der Waals surface area (Å²) in [6, 6.07) is 2.22. The monoisotopic (exact) mass is 596 g/mol. The average Bonchev–Trinajstić information content (AvgIpc) is 3.59. The maximum Gasteiger partial charge on any atom is 0.309 e. The third-order valence-electron chi connectivity index (χ3n) is 11.1. The van der Waals surface area contributed by atoms with Gasteiger partial charge in [0.2, 0.25) is 5.91 Å². The molecule has 9 heteroatoms. The molecule has 0 radical (unpaired) electrons. The Morgan fingerprint density at radius 2 is 1.79 bits per heavy atom. The number of carboxylic acids is 1. The van der Waals surface area contributed by atoms with Gasteiger partial charge in [-0.3, -0.25) is 14.4 Å². The first kappa shape index (κ1) is 29.9. The molecule has 8 nitrogen and oxygen atoms in total. The third kappa shape index (κ3) is 6.01. The van der Waals surface area contributed by atoms with Crippen LogP contribution in [-0.2, 0) is 9.59 Å². The smallest absolute Gasteiger partial charge is 0.309 e. The van der Waals surface area contributed by atoms with Crippen molar-refractivity contribution < 1.29 is 33.4 Å². The molecule has 0 aromatic heterocycles. The summed E-state index contributed by atoms with van der Waals surface area (Å²) in [5, 5.41) is 15.9. The van der Waals surface area contributed by atoms with E-state index in [2.05, 4.69) is 23.6 Å². The summed E-state index contributed by atoms with van der Waals surface area (Å²) in [6.07, 6.45) is 11.5. The number of rotatable bonds is 10. The van der Waals surface area contributed by atoms with E-state index in [-0.39, 0.29) is 58.3 Å². The molecule has 3 N–H and O–H groups in total. The molecule has 43 heavy (non-hydrogen) atoms. The summed E-state index contributed by atoms with van der Waals surface area (Å²) in [5.74, 6) is -1.26. The van der Waals surface area contributed by atoms with Gasteiger partial charge in [0.05, 0.1) is 30.1 Å². The van der Waals surface area contributed by atoms with E-state index in [1.807, 2.05) is 0 Å². The Morgan fingerprint density at radius 1 is 1.07 bits per heavy atom. The number of allylic oxidation sites excluding steroid dienone is 2. The molecule has 0 spiro atoms. The minimum atomic E-state index is -0.833. The predicted molar refractivity (Wildman–Crippen MR) is 158 cm³/mol. The van der Waals surface area contributed by atoms with Crippen LogP contribution in [0.1, 0.15) is 94.8 Å². The van der Waals surface area contributed by atoms with Crippen LogP contribution in [0.4, 0.5) is 4.39 Å². The maximum absolute atomic E-state index is 15.1. The molecular formula is C34H45FN2O6. The Kier molecular flexibility index (Phi) is 7.96. The number of carboxylic acid groups (broad SMARTS) is 1. The van der Waals surface area contributed by atoms with Gasteiger partial charge in [0, 0.05) is 18.7 Å². The molecule has 0 aliphatic heterocycles. The van der Waals surface area contributed by atoms with Crippen molar-refractivity contribution in [2.75, 3.05) is 13.7 Å². The number of hydrogen-bond donors (Lipinski definition) is 3. The van der Waals surface area contributed by atoms with Gasteiger partial charge >= 0.3 is 5.97 Å². The van der Waals surface area contributed by atoms with Crippen LogP contribution in [0.25, 0.3) is 0 Å². The Balaban J connectivity index is 1.19. The van der Waals surface area contributed by atoms with Gasteiger partial charge in [-0.25, -0.2) is 4.39 Å². The second-order valence-corrected chi connectivity index (χ2v) is 14.5. The Labute approximate surface area is 253 Å². The zero-order chi connectivity index (χ0) is 30.5. The number of fused-ring (bicyclic) bond motifs is 2. The van der Waals surface area contributed by atoms with Gasteiger partial charge in [-0.15, -0.1) is 0 Å². The van der Waals surface area contributed by atoms with E-state index < -0.39 is 23.1 Å². The summed E-state index contributed by atoms with van der Waals surface area (Å²) in [5.41, 5.74) is 0.870. The van der Waals surface area contributed by atoms with E-state index in [9.17, 15) is 19.5 Å². The second kappa shape index (κ2) is 11.4.